The van der Waals surface area contributed by atoms with Crippen molar-refractivity contribution in [3.63, 3.8) is 0 Å². The van der Waals surface area contributed by atoms with Crippen LogP contribution in [0.25, 0.3) is 0 Å². The van der Waals surface area contributed by atoms with Crippen LogP contribution in [0.3, 0.4) is 0 Å². The number of hydrogen-bond acceptors (Lipinski definition) is 5. The molecule has 1 amide bonds. The quantitative estimate of drug-likeness (QED) is 0.890. The number of amides is 1. The van der Waals surface area contributed by atoms with Gasteiger partial charge in [0.15, 0.2) is 5.13 Å². The molecule has 0 radical (unpaired) electrons. The number of rotatable bonds is 4. The molecule has 0 saturated carbocycles. The van der Waals surface area contributed by atoms with Gasteiger partial charge in [0, 0.05) is 32.2 Å². The van der Waals surface area contributed by atoms with Crippen molar-refractivity contribution in [1.29, 1.82) is 0 Å². The first kappa shape index (κ1) is 13.3. The van der Waals surface area contributed by atoms with E-state index in [-0.39, 0.29) is 5.91 Å². The van der Waals surface area contributed by atoms with E-state index in [1.807, 2.05) is 12.4 Å². The minimum Gasteiger partial charge on any atom is -0.381 e. The van der Waals surface area contributed by atoms with Gasteiger partial charge >= 0.3 is 0 Å². The molecule has 100 valence electrons. The van der Waals surface area contributed by atoms with Crippen molar-refractivity contribution in [2.24, 2.45) is 5.92 Å². The largest absolute Gasteiger partial charge is 0.381 e. The fraction of sp³-hybridized carbons (Fsp3) is 0.667. The van der Waals surface area contributed by atoms with Gasteiger partial charge in [-0.1, -0.05) is 0 Å². The van der Waals surface area contributed by atoms with Gasteiger partial charge in [-0.3, -0.25) is 4.79 Å². The molecule has 1 saturated heterocycles. The maximum atomic E-state index is 12.0. The Bertz CT molecular complexity index is 402. The molecular formula is C12H19N3O2S. The Morgan fingerprint density at radius 3 is 2.94 bits per heavy atom. The number of carbonyl (C=O) groups is 1. The Labute approximate surface area is 111 Å². The summed E-state index contributed by atoms with van der Waals surface area (Å²) in [6.07, 6.45) is 2.43. The van der Waals surface area contributed by atoms with Gasteiger partial charge in [-0.2, -0.15) is 0 Å². The number of nitrogens with two attached hydrogens (primary N) is 1. The van der Waals surface area contributed by atoms with Crippen molar-refractivity contribution in [1.82, 2.24) is 9.88 Å². The molecule has 1 fully saturated rings. The van der Waals surface area contributed by atoms with Gasteiger partial charge in [0.25, 0.3) is 0 Å². The summed E-state index contributed by atoms with van der Waals surface area (Å²) >= 11 is 1.37. The van der Waals surface area contributed by atoms with Gasteiger partial charge < -0.3 is 15.4 Å². The highest BCUT2D eigenvalue weighted by atomic mass is 32.1. The number of carbonyl (C=O) groups excluding carboxylic acids is 1. The molecule has 2 heterocycles. The summed E-state index contributed by atoms with van der Waals surface area (Å²) < 4.78 is 5.31. The highest BCUT2D eigenvalue weighted by molar-refractivity contribution is 7.13. The molecule has 0 atom stereocenters. The second kappa shape index (κ2) is 6.15. The second-order valence-corrected chi connectivity index (χ2v) is 5.57. The van der Waals surface area contributed by atoms with Gasteiger partial charge in [0.05, 0.1) is 12.1 Å². The van der Waals surface area contributed by atoms with Gasteiger partial charge in [-0.15, -0.1) is 11.3 Å². The van der Waals surface area contributed by atoms with Gasteiger partial charge in [0.2, 0.25) is 5.91 Å². The minimum absolute atomic E-state index is 0.104. The molecule has 1 aromatic heterocycles. The zero-order valence-electron chi connectivity index (χ0n) is 10.6. The third-order valence-electron chi connectivity index (χ3n) is 3.20. The lowest BCUT2D eigenvalue weighted by Gasteiger charge is -2.27. The van der Waals surface area contributed by atoms with E-state index >= 15 is 0 Å². The van der Waals surface area contributed by atoms with E-state index in [0.29, 0.717) is 17.5 Å². The molecular weight excluding hydrogens is 250 g/mol. The van der Waals surface area contributed by atoms with E-state index < -0.39 is 0 Å². The van der Waals surface area contributed by atoms with Crippen LogP contribution in [-0.2, 0) is 16.0 Å². The average Bonchev–Trinajstić information content (AvgIpc) is 2.76. The number of nitrogens with zero attached hydrogens (tertiary/aromatic N) is 2. The molecule has 0 unspecified atom stereocenters. The maximum absolute atomic E-state index is 12.0. The molecule has 1 aliphatic heterocycles. The molecule has 0 aliphatic carbocycles. The predicted molar refractivity (Wildman–Crippen MR) is 71.4 cm³/mol. The smallest absolute Gasteiger partial charge is 0.228 e. The summed E-state index contributed by atoms with van der Waals surface area (Å²) in [4.78, 5) is 17.9. The number of aromatic nitrogens is 1. The first-order chi connectivity index (χ1) is 8.65. The van der Waals surface area contributed by atoms with Crippen LogP contribution in [0.4, 0.5) is 5.13 Å². The molecule has 18 heavy (non-hydrogen) atoms. The number of anilines is 1. The van der Waals surface area contributed by atoms with Crippen LogP contribution in [-0.4, -0.2) is 42.6 Å². The Kier molecular flexibility index (Phi) is 4.54. The van der Waals surface area contributed by atoms with Gasteiger partial charge in [0.1, 0.15) is 0 Å². The zero-order chi connectivity index (χ0) is 13.0. The number of hydrogen-bond donors (Lipinski definition) is 1. The summed E-state index contributed by atoms with van der Waals surface area (Å²) in [6.45, 7) is 2.44. The molecule has 6 heteroatoms. The lowest BCUT2D eigenvalue weighted by Crippen LogP contribution is -2.35. The third kappa shape index (κ3) is 3.68. The van der Waals surface area contributed by atoms with E-state index in [4.69, 9.17) is 10.5 Å². The second-order valence-electron chi connectivity index (χ2n) is 4.68. The van der Waals surface area contributed by atoms with Crippen LogP contribution in [0.1, 0.15) is 18.5 Å². The topological polar surface area (TPSA) is 68.5 Å². The van der Waals surface area contributed by atoms with Crippen LogP contribution in [0.5, 0.6) is 0 Å². The number of thiazole rings is 1. The Balaban J connectivity index is 1.80. The summed E-state index contributed by atoms with van der Waals surface area (Å²) in [6, 6.07) is 0. The van der Waals surface area contributed by atoms with Crippen LogP contribution in [0.2, 0.25) is 0 Å². The highest BCUT2D eigenvalue weighted by Crippen LogP contribution is 2.16. The van der Waals surface area contributed by atoms with Gasteiger partial charge in [-0.25, -0.2) is 4.98 Å². The monoisotopic (exact) mass is 269 g/mol. The zero-order valence-corrected chi connectivity index (χ0v) is 11.4. The van der Waals surface area contributed by atoms with Crippen LogP contribution in [0.15, 0.2) is 5.38 Å². The van der Waals surface area contributed by atoms with Crippen molar-refractivity contribution >= 4 is 22.4 Å². The number of ether oxygens (including phenoxy) is 1. The minimum atomic E-state index is 0.104. The van der Waals surface area contributed by atoms with Crippen LogP contribution >= 0.6 is 11.3 Å². The average molecular weight is 269 g/mol. The lowest BCUT2D eigenvalue weighted by atomic mass is 10.00. The summed E-state index contributed by atoms with van der Waals surface area (Å²) in [5.41, 5.74) is 6.31. The summed E-state index contributed by atoms with van der Waals surface area (Å²) in [7, 11) is 1.85. The van der Waals surface area contributed by atoms with Crippen molar-refractivity contribution < 1.29 is 9.53 Å². The standard InChI is InChI=1S/C12H19N3O2S/c1-15(7-9-2-4-17-5-3-9)11(16)6-10-8-18-12(13)14-10/h8-9H,2-7H2,1H3,(H2,13,14). The lowest BCUT2D eigenvalue weighted by molar-refractivity contribution is -0.130. The molecule has 1 aromatic rings. The fourth-order valence-electron chi connectivity index (χ4n) is 2.11. The van der Waals surface area contributed by atoms with E-state index in [9.17, 15) is 4.79 Å². The van der Waals surface area contributed by atoms with Crippen molar-refractivity contribution in [3.8, 4) is 0 Å². The maximum Gasteiger partial charge on any atom is 0.228 e. The molecule has 2 rings (SSSR count). The van der Waals surface area contributed by atoms with Crippen molar-refractivity contribution in [3.05, 3.63) is 11.1 Å². The molecule has 0 bridgehead atoms. The molecule has 1 aliphatic rings. The first-order valence-electron chi connectivity index (χ1n) is 6.16. The SMILES string of the molecule is CN(CC1CCOCC1)C(=O)Cc1csc(N)n1. The number of likely N-dealkylation sites (N-methyl/N-ethyl adjacent to an activating group) is 1. The van der Waals surface area contributed by atoms with Crippen molar-refractivity contribution in [2.75, 3.05) is 32.5 Å². The number of nitrogen functional groups attached to an aromatic ring is 1. The summed E-state index contributed by atoms with van der Waals surface area (Å²) in [5.74, 6) is 0.667. The normalized spacial score (nSPS) is 16.7. The van der Waals surface area contributed by atoms with E-state index in [1.54, 1.807) is 4.90 Å². The van der Waals surface area contributed by atoms with E-state index in [0.717, 1.165) is 38.3 Å². The molecule has 0 spiro atoms. The molecule has 5 nitrogen and oxygen atoms in total. The highest BCUT2D eigenvalue weighted by Gasteiger charge is 2.19. The van der Waals surface area contributed by atoms with Gasteiger partial charge in [-0.05, 0) is 18.8 Å². The van der Waals surface area contributed by atoms with Crippen LogP contribution in [0, 0.1) is 5.92 Å². The Morgan fingerprint density at radius 1 is 1.61 bits per heavy atom. The van der Waals surface area contributed by atoms with Crippen molar-refractivity contribution in [2.45, 2.75) is 19.3 Å². The molecule has 0 aromatic carbocycles. The van der Waals surface area contributed by atoms with Crippen LogP contribution < -0.4 is 5.73 Å². The predicted octanol–water partition coefficient (Wildman–Crippen LogP) is 1.15. The van der Waals surface area contributed by atoms with E-state index in [1.165, 1.54) is 11.3 Å². The summed E-state index contributed by atoms with van der Waals surface area (Å²) in [5, 5.41) is 2.36. The Hall–Kier alpha value is -1.14. The first-order valence-corrected chi connectivity index (χ1v) is 7.04. The third-order valence-corrected chi connectivity index (χ3v) is 3.92. The Morgan fingerprint density at radius 2 is 2.33 bits per heavy atom. The fourth-order valence-corrected chi connectivity index (χ4v) is 2.67. The molecule has 2 N–H and O–H groups in total. The van der Waals surface area contributed by atoms with E-state index in [2.05, 4.69) is 4.98 Å².